The summed E-state index contributed by atoms with van der Waals surface area (Å²) < 4.78 is 24.7. The maximum Gasteiger partial charge on any atom is 0.240 e. The van der Waals surface area contributed by atoms with E-state index in [1.54, 1.807) is 12.1 Å². The second-order valence-corrected chi connectivity index (χ2v) is 5.54. The number of amides is 1. The molecule has 0 saturated carbocycles. The number of carbonyl (C=O) groups is 1. The van der Waals surface area contributed by atoms with Crippen LogP contribution in [0.1, 0.15) is 11.3 Å². The van der Waals surface area contributed by atoms with Gasteiger partial charge in [0.25, 0.3) is 0 Å². The van der Waals surface area contributed by atoms with Gasteiger partial charge in [-0.3, -0.25) is 9.59 Å². The van der Waals surface area contributed by atoms with Crippen LogP contribution in [0.2, 0.25) is 0 Å². The normalized spacial score (nSPS) is 10.6. The van der Waals surface area contributed by atoms with Gasteiger partial charge in [-0.15, -0.1) is 0 Å². The number of ether oxygens (including phenoxy) is 2. The van der Waals surface area contributed by atoms with Crippen LogP contribution >= 0.6 is 0 Å². The Bertz CT molecular complexity index is 789. The number of aliphatic hydroxyl groups excluding tert-OH is 1. The summed E-state index contributed by atoms with van der Waals surface area (Å²) in [5.41, 5.74) is 0.583. The summed E-state index contributed by atoms with van der Waals surface area (Å²) >= 11 is 0. The number of hydrogen-bond acceptors (Lipinski definition) is 5. The average Bonchev–Trinajstić information content (AvgIpc) is 2.63. The molecule has 0 aliphatic rings. The van der Waals surface area contributed by atoms with Crippen LogP contribution in [0.15, 0.2) is 41.3 Å². The second-order valence-electron chi connectivity index (χ2n) is 5.54. The molecule has 0 fully saturated rings. The van der Waals surface area contributed by atoms with Crippen molar-refractivity contribution in [1.29, 1.82) is 0 Å². The predicted octanol–water partition coefficient (Wildman–Crippen LogP) is 0.821. The quantitative estimate of drug-likeness (QED) is 0.643. The zero-order valence-electron chi connectivity index (χ0n) is 14.4. The minimum absolute atomic E-state index is 0.0382. The van der Waals surface area contributed by atoms with Crippen molar-refractivity contribution in [2.75, 3.05) is 20.3 Å². The van der Waals surface area contributed by atoms with Crippen LogP contribution in [0.3, 0.4) is 0 Å². The fourth-order valence-corrected chi connectivity index (χ4v) is 2.23. The Morgan fingerprint density at radius 2 is 2.04 bits per heavy atom. The Hall–Kier alpha value is -2.71. The molecule has 26 heavy (non-hydrogen) atoms. The summed E-state index contributed by atoms with van der Waals surface area (Å²) in [6, 6.07) is 6.94. The topological polar surface area (TPSA) is 89.8 Å². The zero-order chi connectivity index (χ0) is 18.9. The number of methoxy groups -OCH3 is 1. The molecule has 8 heteroatoms. The minimum atomic E-state index is -0.410. The van der Waals surface area contributed by atoms with Crippen molar-refractivity contribution in [3.63, 3.8) is 0 Å². The number of aliphatic hydroxyl groups is 1. The first-order valence-corrected chi connectivity index (χ1v) is 8.00. The zero-order valence-corrected chi connectivity index (χ0v) is 14.4. The molecule has 0 aliphatic carbocycles. The first-order valence-electron chi connectivity index (χ1n) is 8.00. The van der Waals surface area contributed by atoms with Gasteiger partial charge in [-0.1, -0.05) is 12.1 Å². The van der Waals surface area contributed by atoms with E-state index < -0.39 is 12.0 Å². The number of nitrogens with zero attached hydrogens (tertiary/aromatic N) is 1. The smallest absolute Gasteiger partial charge is 0.240 e. The number of nitrogens with one attached hydrogen (secondary N) is 1. The highest BCUT2D eigenvalue weighted by Crippen LogP contribution is 2.11. The van der Waals surface area contributed by atoms with Crippen LogP contribution in [-0.2, 0) is 29.3 Å². The summed E-state index contributed by atoms with van der Waals surface area (Å²) in [6.07, 6.45) is 1.38. The van der Waals surface area contributed by atoms with Gasteiger partial charge in [-0.2, -0.15) is 0 Å². The number of hydrogen-bond donors (Lipinski definition) is 2. The van der Waals surface area contributed by atoms with Gasteiger partial charge in [0.1, 0.15) is 19.0 Å². The highest BCUT2D eigenvalue weighted by Gasteiger charge is 2.11. The number of benzene rings is 1. The van der Waals surface area contributed by atoms with E-state index in [0.29, 0.717) is 24.4 Å². The molecule has 1 aromatic heterocycles. The van der Waals surface area contributed by atoms with Crippen molar-refractivity contribution in [3.8, 4) is 5.75 Å². The lowest BCUT2D eigenvalue weighted by atomic mass is 10.2. The SMILES string of the molecule is COCCNC(=O)Cn1cc(OCc2ccc(F)cc2)c(=O)cc1CO. The predicted molar refractivity (Wildman–Crippen MR) is 92.2 cm³/mol. The number of aromatic nitrogens is 1. The van der Waals surface area contributed by atoms with E-state index in [2.05, 4.69) is 5.32 Å². The molecule has 1 heterocycles. The van der Waals surface area contributed by atoms with Gasteiger partial charge in [0.15, 0.2) is 5.75 Å². The third-order valence-electron chi connectivity index (χ3n) is 3.59. The van der Waals surface area contributed by atoms with E-state index in [1.165, 1.54) is 36.1 Å². The third-order valence-corrected chi connectivity index (χ3v) is 3.59. The van der Waals surface area contributed by atoms with Crippen molar-refractivity contribution in [1.82, 2.24) is 9.88 Å². The summed E-state index contributed by atoms with van der Waals surface area (Å²) in [5.74, 6) is -0.607. The van der Waals surface area contributed by atoms with Crippen molar-refractivity contribution < 1.29 is 23.8 Å². The lowest BCUT2D eigenvalue weighted by Gasteiger charge is -2.14. The van der Waals surface area contributed by atoms with Crippen LogP contribution < -0.4 is 15.5 Å². The Labute approximate surface area is 150 Å². The van der Waals surface area contributed by atoms with Gasteiger partial charge in [-0.05, 0) is 17.7 Å². The molecule has 2 aromatic rings. The molecule has 0 aliphatic heterocycles. The fourth-order valence-electron chi connectivity index (χ4n) is 2.23. The first kappa shape index (κ1) is 19.6. The monoisotopic (exact) mass is 364 g/mol. The van der Waals surface area contributed by atoms with E-state index in [9.17, 15) is 19.1 Å². The lowest BCUT2D eigenvalue weighted by molar-refractivity contribution is -0.121. The highest BCUT2D eigenvalue weighted by atomic mass is 19.1. The molecule has 0 bridgehead atoms. The second kappa shape index (κ2) is 9.69. The Balaban J connectivity index is 2.10. The van der Waals surface area contributed by atoms with Gasteiger partial charge in [-0.25, -0.2) is 4.39 Å². The molecule has 1 amide bonds. The highest BCUT2D eigenvalue weighted by molar-refractivity contribution is 5.75. The summed E-state index contributed by atoms with van der Waals surface area (Å²) in [5, 5.41) is 12.1. The average molecular weight is 364 g/mol. The summed E-state index contributed by atoms with van der Waals surface area (Å²) in [7, 11) is 1.53. The largest absolute Gasteiger partial charge is 0.483 e. The Morgan fingerprint density at radius 3 is 2.69 bits per heavy atom. The molecule has 0 atom stereocenters. The van der Waals surface area contributed by atoms with Gasteiger partial charge < -0.3 is 24.5 Å². The maximum atomic E-state index is 12.9. The summed E-state index contributed by atoms with van der Waals surface area (Å²) in [6.45, 7) is 0.354. The van der Waals surface area contributed by atoms with Crippen LogP contribution in [0, 0.1) is 5.82 Å². The molecule has 0 saturated heterocycles. The van der Waals surface area contributed by atoms with Crippen LogP contribution in [0.4, 0.5) is 4.39 Å². The van der Waals surface area contributed by atoms with Crippen molar-refractivity contribution >= 4 is 5.91 Å². The molecule has 140 valence electrons. The molecule has 1 aromatic carbocycles. The van der Waals surface area contributed by atoms with Crippen LogP contribution in [0.25, 0.3) is 0 Å². The number of halogens is 1. The van der Waals surface area contributed by atoms with Gasteiger partial charge in [0.05, 0.1) is 19.4 Å². The van der Waals surface area contributed by atoms with E-state index in [-0.39, 0.29) is 30.6 Å². The van der Waals surface area contributed by atoms with Crippen molar-refractivity contribution in [3.05, 3.63) is 63.8 Å². The van der Waals surface area contributed by atoms with E-state index in [1.807, 2.05) is 0 Å². The van der Waals surface area contributed by atoms with E-state index in [4.69, 9.17) is 9.47 Å². The van der Waals surface area contributed by atoms with Crippen LogP contribution in [0.5, 0.6) is 5.75 Å². The Morgan fingerprint density at radius 1 is 1.31 bits per heavy atom. The molecule has 2 N–H and O–H groups in total. The molecular weight excluding hydrogens is 343 g/mol. The van der Waals surface area contributed by atoms with Gasteiger partial charge in [0.2, 0.25) is 11.3 Å². The van der Waals surface area contributed by atoms with Crippen molar-refractivity contribution in [2.24, 2.45) is 0 Å². The number of carbonyl (C=O) groups excluding carboxylic acids is 1. The molecular formula is C18H21FN2O5. The summed E-state index contributed by atoms with van der Waals surface area (Å²) in [4.78, 5) is 24.0. The van der Waals surface area contributed by atoms with E-state index >= 15 is 0 Å². The van der Waals surface area contributed by atoms with Gasteiger partial charge >= 0.3 is 0 Å². The molecule has 0 unspecified atom stereocenters. The number of pyridine rings is 1. The van der Waals surface area contributed by atoms with Crippen molar-refractivity contribution in [2.45, 2.75) is 19.8 Å². The maximum absolute atomic E-state index is 12.9. The van der Waals surface area contributed by atoms with E-state index in [0.717, 1.165) is 0 Å². The molecule has 0 spiro atoms. The first-order chi connectivity index (χ1) is 12.5. The molecule has 2 rings (SSSR count). The van der Waals surface area contributed by atoms with Gasteiger partial charge in [0, 0.05) is 25.4 Å². The third kappa shape index (κ3) is 5.68. The Kier molecular flexibility index (Phi) is 7.31. The standard InChI is InChI=1S/C18H21FN2O5/c1-25-7-6-20-18(24)10-21-9-17(16(23)8-15(21)11-22)26-12-13-2-4-14(19)5-3-13/h2-5,8-9,22H,6-7,10-12H2,1H3,(H,20,24). The molecule has 7 nitrogen and oxygen atoms in total. The lowest BCUT2D eigenvalue weighted by Crippen LogP contribution is -2.31. The molecule has 0 radical (unpaired) electrons. The minimum Gasteiger partial charge on any atom is -0.483 e. The van der Waals surface area contributed by atoms with Crippen LogP contribution in [-0.4, -0.2) is 35.8 Å². The fraction of sp³-hybridized carbons (Fsp3) is 0.333. The number of rotatable bonds is 9.